The van der Waals surface area contributed by atoms with Crippen LogP contribution in [0.2, 0.25) is 0 Å². The molecule has 0 fully saturated rings. The molecule has 0 spiro atoms. The second-order valence-corrected chi connectivity index (χ2v) is 6.70. The molecule has 0 saturated carbocycles. The van der Waals surface area contributed by atoms with Gasteiger partial charge in [0.25, 0.3) is 0 Å². The van der Waals surface area contributed by atoms with Crippen molar-refractivity contribution in [2.24, 2.45) is 5.92 Å². The van der Waals surface area contributed by atoms with Gasteiger partial charge >= 0.3 is 7.82 Å². The molecule has 1 aromatic carbocycles. The predicted octanol–water partition coefficient (Wildman–Crippen LogP) is 4.04. The second-order valence-electron chi connectivity index (χ2n) is 5.53. The summed E-state index contributed by atoms with van der Waals surface area (Å²) in [5.74, 6) is 1.01. The van der Waals surface area contributed by atoms with Gasteiger partial charge in [0.1, 0.15) is 5.75 Å². The Morgan fingerprint density at radius 2 is 1.58 bits per heavy atom. The molecule has 0 aliphatic heterocycles. The summed E-state index contributed by atoms with van der Waals surface area (Å²) in [6, 6.07) is 5.64. The first-order chi connectivity index (χ1) is 8.63. The minimum Gasteiger partial charge on any atom is -0.404 e. The first-order valence-electron chi connectivity index (χ1n) is 6.51. The zero-order chi connectivity index (χ0) is 14.8. The van der Waals surface area contributed by atoms with Gasteiger partial charge in [-0.2, -0.15) is 0 Å². The quantitative estimate of drug-likeness (QED) is 0.802. The lowest BCUT2D eigenvalue weighted by molar-refractivity contribution is 0.279. The lowest BCUT2D eigenvalue weighted by Crippen LogP contribution is -2.07. The second kappa shape index (κ2) is 6.08. The fraction of sp³-hybridized carbons (Fsp3) is 0.571. The Hall–Kier alpha value is -0.830. The third-order valence-electron chi connectivity index (χ3n) is 3.40. The molecule has 1 rings (SSSR count). The van der Waals surface area contributed by atoms with Crippen LogP contribution in [0.1, 0.15) is 57.6 Å². The van der Waals surface area contributed by atoms with E-state index in [1.165, 1.54) is 0 Å². The molecule has 1 atom stereocenters. The standard InChI is InChI=1S/C14H23O4P/c1-9(2)11(5)13-8-6-7-12(10(3)4)14(13)18-19(15,16)17/h6-11H,1-5H3,(H2,15,16,17). The van der Waals surface area contributed by atoms with Gasteiger partial charge < -0.3 is 4.52 Å². The fourth-order valence-electron chi connectivity index (χ4n) is 1.97. The van der Waals surface area contributed by atoms with E-state index in [1.807, 2.05) is 39.0 Å². The fourth-order valence-corrected chi connectivity index (χ4v) is 2.42. The van der Waals surface area contributed by atoms with E-state index < -0.39 is 7.82 Å². The van der Waals surface area contributed by atoms with Crippen molar-refractivity contribution in [3.05, 3.63) is 29.3 Å². The minimum absolute atomic E-state index is 0.140. The van der Waals surface area contributed by atoms with Gasteiger partial charge in [-0.3, -0.25) is 9.79 Å². The molecule has 4 nitrogen and oxygen atoms in total. The molecule has 0 radical (unpaired) electrons. The van der Waals surface area contributed by atoms with Crippen LogP contribution in [0.3, 0.4) is 0 Å². The molecule has 0 heterocycles. The maximum Gasteiger partial charge on any atom is 0.524 e. The molecule has 5 heteroatoms. The maximum absolute atomic E-state index is 11.2. The van der Waals surface area contributed by atoms with E-state index >= 15 is 0 Å². The van der Waals surface area contributed by atoms with E-state index in [-0.39, 0.29) is 11.8 Å². The number of hydrogen-bond donors (Lipinski definition) is 2. The highest BCUT2D eigenvalue weighted by Gasteiger charge is 2.25. The van der Waals surface area contributed by atoms with E-state index in [0.717, 1.165) is 11.1 Å². The highest BCUT2D eigenvalue weighted by atomic mass is 31.2. The van der Waals surface area contributed by atoms with Crippen LogP contribution >= 0.6 is 7.82 Å². The summed E-state index contributed by atoms with van der Waals surface area (Å²) >= 11 is 0. The summed E-state index contributed by atoms with van der Waals surface area (Å²) < 4.78 is 16.2. The van der Waals surface area contributed by atoms with Gasteiger partial charge in [0.05, 0.1) is 0 Å². The number of benzene rings is 1. The normalized spacial score (nSPS) is 13.9. The molecular weight excluding hydrogens is 263 g/mol. The highest BCUT2D eigenvalue weighted by molar-refractivity contribution is 7.46. The average molecular weight is 286 g/mol. The Morgan fingerprint density at radius 3 is 2.00 bits per heavy atom. The molecule has 0 aliphatic rings. The third-order valence-corrected chi connectivity index (χ3v) is 3.82. The van der Waals surface area contributed by atoms with Crippen LogP contribution in [0.25, 0.3) is 0 Å². The molecule has 108 valence electrons. The van der Waals surface area contributed by atoms with Crippen molar-refractivity contribution >= 4 is 7.82 Å². The van der Waals surface area contributed by atoms with Gasteiger partial charge in [-0.1, -0.05) is 52.8 Å². The zero-order valence-electron chi connectivity index (χ0n) is 12.1. The molecule has 0 saturated heterocycles. The van der Waals surface area contributed by atoms with Crippen LogP contribution in [0, 0.1) is 5.92 Å². The van der Waals surface area contributed by atoms with Crippen LogP contribution in [0.15, 0.2) is 18.2 Å². The molecule has 1 aromatic rings. The van der Waals surface area contributed by atoms with Gasteiger partial charge in [0.15, 0.2) is 0 Å². The molecule has 0 aromatic heterocycles. The Kier molecular flexibility index (Phi) is 5.19. The Morgan fingerprint density at radius 1 is 1.05 bits per heavy atom. The van der Waals surface area contributed by atoms with Crippen LogP contribution in [-0.4, -0.2) is 9.79 Å². The van der Waals surface area contributed by atoms with Crippen LogP contribution in [0.5, 0.6) is 5.75 Å². The number of phosphoric acid groups is 1. The van der Waals surface area contributed by atoms with E-state index in [9.17, 15) is 4.57 Å². The summed E-state index contributed by atoms with van der Waals surface area (Å²) in [5, 5.41) is 0. The molecule has 0 aliphatic carbocycles. The SMILES string of the molecule is CC(C)c1cccc(C(C)C(C)C)c1OP(=O)(O)O. The summed E-state index contributed by atoms with van der Waals surface area (Å²) in [6.07, 6.45) is 0. The molecule has 2 N–H and O–H groups in total. The summed E-state index contributed by atoms with van der Waals surface area (Å²) in [7, 11) is -4.55. The molecule has 1 unspecified atom stereocenters. The summed E-state index contributed by atoms with van der Waals surface area (Å²) in [5.41, 5.74) is 1.68. The van der Waals surface area contributed by atoms with Crippen molar-refractivity contribution in [3.63, 3.8) is 0 Å². The van der Waals surface area contributed by atoms with Gasteiger partial charge in [0, 0.05) is 0 Å². The summed E-state index contributed by atoms with van der Waals surface area (Å²) in [6.45, 7) is 10.1. The van der Waals surface area contributed by atoms with Crippen molar-refractivity contribution < 1.29 is 18.9 Å². The van der Waals surface area contributed by atoms with Gasteiger partial charge in [0.2, 0.25) is 0 Å². The zero-order valence-corrected chi connectivity index (χ0v) is 13.0. The van der Waals surface area contributed by atoms with Crippen molar-refractivity contribution in [2.45, 2.75) is 46.5 Å². The van der Waals surface area contributed by atoms with Crippen molar-refractivity contribution in [1.82, 2.24) is 0 Å². The summed E-state index contributed by atoms with van der Waals surface area (Å²) in [4.78, 5) is 18.2. The van der Waals surface area contributed by atoms with Crippen LogP contribution < -0.4 is 4.52 Å². The number of hydrogen-bond acceptors (Lipinski definition) is 2. The molecule has 0 bridgehead atoms. The van der Waals surface area contributed by atoms with E-state index in [2.05, 4.69) is 13.8 Å². The van der Waals surface area contributed by atoms with E-state index in [1.54, 1.807) is 0 Å². The van der Waals surface area contributed by atoms with Crippen LogP contribution in [0.4, 0.5) is 0 Å². The van der Waals surface area contributed by atoms with E-state index in [4.69, 9.17) is 14.3 Å². The topological polar surface area (TPSA) is 66.8 Å². The first-order valence-corrected chi connectivity index (χ1v) is 8.04. The van der Waals surface area contributed by atoms with E-state index in [0.29, 0.717) is 11.7 Å². The Labute approximate surface area is 115 Å². The van der Waals surface area contributed by atoms with Gasteiger partial charge in [-0.25, -0.2) is 4.57 Å². The molecular formula is C14H23O4P. The van der Waals surface area contributed by atoms with Crippen LogP contribution in [-0.2, 0) is 4.57 Å². The Balaban J connectivity index is 3.38. The average Bonchev–Trinajstić information content (AvgIpc) is 2.25. The minimum atomic E-state index is -4.55. The molecule has 0 amide bonds. The number of para-hydroxylation sites is 1. The third kappa shape index (κ3) is 4.34. The number of rotatable bonds is 5. The largest absolute Gasteiger partial charge is 0.524 e. The lowest BCUT2D eigenvalue weighted by Gasteiger charge is -2.23. The van der Waals surface area contributed by atoms with Gasteiger partial charge in [-0.15, -0.1) is 0 Å². The Bertz CT molecular complexity index is 476. The van der Waals surface area contributed by atoms with Crippen molar-refractivity contribution in [2.75, 3.05) is 0 Å². The smallest absolute Gasteiger partial charge is 0.404 e. The van der Waals surface area contributed by atoms with Gasteiger partial charge in [-0.05, 0) is 28.9 Å². The van der Waals surface area contributed by atoms with Crippen molar-refractivity contribution in [1.29, 1.82) is 0 Å². The monoisotopic (exact) mass is 286 g/mol. The molecule has 19 heavy (non-hydrogen) atoms. The lowest BCUT2D eigenvalue weighted by atomic mass is 9.87. The maximum atomic E-state index is 11.2. The predicted molar refractivity (Wildman–Crippen MR) is 76.5 cm³/mol. The number of phosphoric ester groups is 1. The first kappa shape index (κ1) is 16.2. The highest BCUT2D eigenvalue weighted by Crippen LogP contribution is 2.45. The van der Waals surface area contributed by atoms with Crippen molar-refractivity contribution in [3.8, 4) is 5.75 Å².